The predicted molar refractivity (Wildman–Crippen MR) is 116 cm³/mol. The van der Waals surface area contributed by atoms with E-state index < -0.39 is 5.54 Å². The zero-order valence-electron chi connectivity index (χ0n) is 16.6. The lowest BCUT2D eigenvalue weighted by Crippen LogP contribution is -2.46. The van der Waals surface area contributed by atoms with Crippen LogP contribution in [0.25, 0.3) is 15.7 Å². The van der Waals surface area contributed by atoms with Gasteiger partial charge in [0.05, 0.1) is 12.6 Å². The van der Waals surface area contributed by atoms with Crippen molar-refractivity contribution in [2.24, 2.45) is 0 Å². The monoisotopic (exact) mass is 422 g/mol. The fraction of sp³-hybridized carbons (Fsp3) is 0.318. The summed E-state index contributed by atoms with van der Waals surface area (Å²) in [6.45, 7) is -0.105. The van der Waals surface area contributed by atoms with Crippen LogP contribution in [0.15, 0.2) is 52.9 Å². The highest BCUT2D eigenvalue weighted by Crippen LogP contribution is 2.39. The van der Waals surface area contributed by atoms with Crippen LogP contribution in [-0.4, -0.2) is 27.2 Å². The highest BCUT2D eigenvalue weighted by Gasteiger charge is 2.37. The third kappa shape index (κ3) is 3.08. The molecule has 1 aromatic carbocycles. The van der Waals surface area contributed by atoms with Gasteiger partial charge in [-0.2, -0.15) is 5.10 Å². The summed E-state index contributed by atoms with van der Waals surface area (Å²) in [4.78, 5) is 26.8. The van der Waals surface area contributed by atoms with Gasteiger partial charge in [0.15, 0.2) is 0 Å². The molecular formula is C22H22N4O3S. The number of hydrogen-bond donors (Lipinski definition) is 1. The second-order valence-corrected chi connectivity index (χ2v) is 8.63. The van der Waals surface area contributed by atoms with E-state index in [0.29, 0.717) is 5.52 Å². The molecule has 3 aromatic heterocycles. The molecule has 1 N–H and O–H groups in total. The van der Waals surface area contributed by atoms with Gasteiger partial charge in [0.1, 0.15) is 29.0 Å². The summed E-state index contributed by atoms with van der Waals surface area (Å²) < 4.78 is 8.28. The minimum atomic E-state index is -0.408. The third-order valence-corrected chi connectivity index (χ3v) is 6.90. The van der Waals surface area contributed by atoms with Crippen molar-refractivity contribution in [3.8, 4) is 5.75 Å². The Bertz CT molecular complexity index is 1280. The highest BCUT2D eigenvalue weighted by molar-refractivity contribution is 7.16. The van der Waals surface area contributed by atoms with Crippen molar-refractivity contribution in [1.82, 2.24) is 19.5 Å². The average molecular weight is 423 g/mol. The lowest BCUT2D eigenvalue weighted by atomic mass is 9.88. The number of ether oxygens (including phenoxy) is 1. The quantitative estimate of drug-likeness (QED) is 0.535. The van der Waals surface area contributed by atoms with Crippen LogP contribution in [0.3, 0.4) is 0 Å². The van der Waals surface area contributed by atoms with E-state index in [4.69, 9.17) is 4.74 Å². The van der Waals surface area contributed by atoms with E-state index in [1.54, 1.807) is 29.2 Å². The molecule has 0 bridgehead atoms. The van der Waals surface area contributed by atoms with Crippen molar-refractivity contribution < 1.29 is 9.53 Å². The van der Waals surface area contributed by atoms with E-state index in [0.717, 1.165) is 47.2 Å². The lowest BCUT2D eigenvalue weighted by molar-refractivity contribution is -0.124. The molecule has 8 heteroatoms. The second kappa shape index (κ2) is 7.28. The van der Waals surface area contributed by atoms with Crippen molar-refractivity contribution >= 4 is 33.0 Å². The van der Waals surface area contributed by atoms with Crippen molar-refractivity contribution in [2.75, 3.05) is 7.11 Å². The van der Waals surface area contributed by atoms with Gasteiger partial charge in [-0.15, -0.1) is 11.3 Å². The molecule has 0 saturated heterocycles. The zero-order chi connectivity index (χ0) is 20.7. The van der Waals surface area contributed by atoms with E-state index in [1.807, 2.05) is 41.8 Å². The van der Waals surface area contributed by atoms with Gasteiger partial charge in [-0.3, -0.25) is 14.0 Å². The van der Waals surface area contributed by atoms with Crippen LogP contribution in [0.5, 0.6) is 5.75 Å². The summed E-state index contributed by atoms with van der Waals surface area (Å²) in [5, 5.41) is 10.4. The van der Waals surface area contributed by atoms with Gasteiger partial charge in [0.2, 0.25) is 5.91 Å². The number of methoxy groups -OCH3 is 1. The number of amides is 1. The SMILES string of the molecule is COc1ccc(C2(NC(=O)Cn3ncn4c(cc5ccsc54)c3=O)CCCC2)cc1. The van der Waals surface area contributed by atoms with E-state index in [-0.39, 0.29) is 18.0 Å². The molecule has 1 amide bonds. The number of benzene rings is 1. The standard InChI is InChI=1S/C22H22N4O3S/c1-29-17-6-4-16(5-7-17)22(9-2-3-10-22)24-19(27)13-26-20(28)18-12-15-8-11-30-21(15)25(18)14-23-26/h4-8,11-12,14H,2-3,9-10,13H2,1H3,(H,24,27). The topological polar surface area (TPSA) is 77.6 Å². The number of rotatable bonds is 5. The molecule has 0 aliphatic heterocycles. The summed E-state index contributed by atoms with van der Waals surface area (Å²) in [5.74, 6) is 0.578. The van der Waals surface area contributed by atoms with Crippen LogP contribution in [-0.2, 0) is 16.9 Å². The molecule has 0 atom stereocenters. The molecular weight excluding hydrogens is 400 g/mol. The van der Waals surface area contributed by atoms with Crippen LogP contribution in [0, 0.1) is 0 Å². The van der Waals surface area contributed by atoms with Crippen molar-refractivity contribution in [1.29, 1.82) is 0 Å². The first-order chi connectivity index (χ1) is 14.6. The minimum absolute atomic E-state index is 0.105. The summed E-state index contributed by atoms with van der Waals surface area (Å²) >= 11 is 1.56. The van der Waals surface area contributed by atoms with E-state index in [2.05, 4.69) is 10.4 Å². The molecule has 1 aliphatic carbocycles. The van der Waals surface area contributed by atoms with Crippen LogP contribution < -0.4 is 15.6 Å². The van der Waals surface area contributed by atoms with Gasteiger partial charge in [-0.25, -0.2) is 4.68 Å². The van der Waals surface area contributed by atoms with E-state index in [9.17, 15) is 9.59 Å². The summed E-state index contributed by atoms with van der Waals surface area (Å²) in [6, 6.07) is 11.7. The van der Waals surface area contributed by atoms with Gasteiger partial charge in [-0.1, -0.05) is 25.0 Å². The molecule has 0 spiro atoms. The summed E-state index contributed by atoms with van der Waals surface area (Å²) in [6.07, 6.45) is 5.47. The summed E-state index contributed by atoms with van der Waals surface area (Å²) in [7, 11) is 1.64. The van der Waals surface area contributed by atoms with Crippen LogP contribution in [0.2, 0.25) is 0 Å². The zero-order valence-corrected chi connectivity index (χ0v) is 17.4. The maximum Gasteiger partial charge on any atom is 0.291 e. The number of thiophene rings is 1. The van der Waals surface area contributed by atoms with Gasteiger partial charge < -0.3 is 10.1 Å². The second-order valence-electron chi connectivity index (χ2n) is 7.74. The Hall–Kier alpha value is -3.13. The molecule has 1 saturated carbocycles. The van der Waals surface area contributed by atoms with Gasteiger partial charge >= 0.3 is 0 Å². The molecule has 5 rings (SSSR count). The normalized spacial score (nSPS) is 15.6. The largest absolute Gasteiger partial charge is 0.497 e. The number of carbonyl (C=O) groups is 1. The number of hydrogen-bond acceptors (Lipinski definition) is 5. The van der Waals surface area contributed by atoms with E-state index in [1.165, 1.54) is 4.68 Å². The molecule has 0 radical (unpaired) electrons. The number of carbonyl (C=O) groups excluding carboxylic acids is 1. The van der Waals surface area contributed by atoms with E-state index >= 15 is 0 Å². The number of nitrogens with zero attached hydrogens (tertiary/aromatic N) is 3. The molecule has 154 valence electrons. The molecule has 4 aromatic rings. The van der Waals surface area contributed by atoms with Crippen molar-refractivity contribution in [3.63, 3.8) is 0 Å². The summed E-state index contributed by atoms with van der Waals surface area (Å²) in [5.41, 5.74) is 0.928. The van der Waals surface area contributed by atoms with Gasteiger partial charge in [0.25, 0.3) is 5.56 Å². The molecule has 30 heavy (non-hydrogen) atoms. The Morgan fingerprint density at radius 2 is 2.00 bits per heavy atom. The highest BCUT2D eigenvalue weighted by atomic mass is 32.1. The Kier molecular flexibility index (Phi) is 4.58. The first kappa shape index (κ1) is 18.9. The fourth-order valence-electron chi connectivity index (χ4n) is 4.45. The van der Waals surface area contributed by atoms with Crippen LogP contribution in [0.4, 0.5) is 0 Å². The first-order valence-corrected chi connectivity index (χ1v) is 10.9. The number of nitrogens with one attached hydrogen (secondary N) is 1. The maximum atomic E-state index is 12.9. The Balaban J connectivity index is 1.41. The predicted octanol–water partition coefficient (Wildman–Crippen LogP) is 3.31. The van der Waals surface area contributed by atoms with Crippen molar-refractivity contribution in [3.05, 3.63) is 64.0 Å². The number of aromatic nitrogens is 3. The molecule has 1 aliphatic rings. The molecule has 3 heterocycles. The molecule has 7 nitrogen and oxygen atoms in total. The molecule has 0 unspecified atom stereocenters. The Labute approximate surface area is 176 Å². The Morgan fingerprint density at radius 3 is 2.73 bits per heavy atom. The fourth-order valence-corrected chi connectivity index (χ4v) is 5.32. The van der Waals surface area contributed by atoms with Gasteiger partial charge in [-0.05, 0) is 48.1 Å². The minimum Gasteiger partial charge on any atom is -0.497 e. The average Bonchev–Trinajstić information content (AvgIpc) is 3.47. The number of fused-ring (bicyclic) bond motifs is 3. The van der Waals surface area contributed by atoms with Crippen molar-refractivity contribution in [2.45, 2.75) is 37.8 Å². The van der Waals surface area contributed by atoms with Crippen LogP contribution >= 0.6 is 11.3 Å². The maximum absolute atomic E-state index is 12.9. The molecule has 1 fully saturated rings. The van der Waals surface area contributed by atoms with Gasteiger partial charge in [0, 0.05) is 5.39 Å². The first-order valence-electron chi connectivity index (χ1n) is 10.00. The smallest absolute Gasteiger partial charge is 0.291 e. The lowest BCUT2D eigenvalue weighted by Gasteiger charge is -2.31. The van der Waals surface area contributed by atoms with Crippen LogP contribution in [0.1, 0.15) is 31.2 Å². The Morgan fingerprint density at radius 1 is 1.23 bits per heavy atom. The third-order valence-electron chi connectivity index (χ3n) is 5.98.